The number of nitrogens with zero attached hydrogens (tertiary/aromatic N) is 1. The number of furan rings is 1. The summed E-state index contributed by atoms with van der Waals surface area (Å²) in [6, 6.07) is 9.21. The topological polar surface area (TPSA) is 146 Å². The van der Waals surface area contributed by atoms with Gasteiger partial charge in [-0.2, -0.15) is 0 Å². The molecule has 3 N–H and O–H groups in total. The number of rotatable bonds is 8. The van der Waals surface area contributed by atoms with Gasteiger partial charge >= 0.3 is 12.0 Å². The Bertz CT molecular complexity index is 1520. The maximum absolute atomic E-state index is 13.2. The van der Waals surface area contributed by atoms with Crippen LogP contribution in [0.3, 0.4) is 0 Å². The fourth-order valence-electron chi connectivity index (χ4n) is 4.29. The largest absolute Gasteiger partial charge is 0.480 e. The molecule has 0 saturated carbocycles. The summed E-state index contributed by atoms with van der Waals surface area (Å²) in [6.07, 6.45) is 2.77. The number of halogens is 2. The molecule has 0 bridgehead atoms. The number of hydrogen-bond acceptors (Lipinski definition) is 6. The van der Waals surface area contributed by atoms with Gasteiger partial charge in [-0.05, 0) is 53.4 Å². The molecular formula is C26H25Cl2N3O7S. The second-order valence-electron chi connectivity index (χ2n) is 9.08. The van der Waals surface area contributed by atoms with Crippen LogP contribution in [0.5, 0.6) is 0 Å². The lowest BCUT2D eigenvalue weighted by molar-refractivity contribution is -0.139. The van der Waals surface area contributed by atoms with Crippen LogP contribution in [0.2, 0.25) is 10.0 Å². The second kappa shape index (κ2) is 11.7. The molecule has 206 valence electrons. The van der Waals surface area contributed by atoms with Crippen LogP contribution in [0.15, 0.2) is 58.0 Å². The Hall–Kier alpha value is -3.54. The molecule has 2 heterocycles. The first-order valence-corrected chi connectivity index (χ1v) is 14.5. The summed E-state index contributed by atoms with van der Waals surface area (Å²) >= 11 is 13.0. The van der Waals surface area contributed by atoms with E-state index in [1.54, 1.807) is 29.2 Å². The number of aliphatic carboxylic acids is 1. The smallest absolute Gasteiger partial charge is 0.326 e. The number of amides is 3. The first kappa shape index (κ1) is 28.5. The van der Waals surface area contributed by atoms with Crippen LogP contribution in [0, 0.1) is 0 Å². The van der Waals surface area contributed by atoms with Gasteiger partial charge in [-0.25, -0.2) is 18.0 Å². The van der Waals surface area contributed by atoms with Crippen LogP contribution in [-0.2, 0) is 40.6 Å². The molecule has 0 spiro atoms. The molecule has 0 saturated heterocycles. The third-order valence-electron chi connectivity index (χ3n) is 6.28. The molecule has 13 heteroatoms. The van der Waals surface area contributed by atoms with Crippen LogP contribution in [-0.4, -0.2) is 55.2 Å². The van der Waals surface area contributed by atoms with Crippen molar-refractivity contribution in [2.24, 2.45) is 0 Å². The summed E-state index contributed by atoms with van der Waals surface area (Å²) < 4.78 is 28.9. The predicted octanol–water partition coefficient (Wildman–Crippen LogP) is 3.68. The summed E-state index contributed by atoms with van der Waals surface area (Å²) in [6.45, 7) is 0.794. The van der Waals surface area contributed by atoms with Gasteiger partial charge in [0.1, 0.15) is 11.8 Å². The Labute approximate surface area is 234 Å². The number of carbonyl (C=O) groups is 3. The molecule has 39 heavy (non-hydrogen) atoms. The third-order valence-corrected chi connectivity index (χ3v) is 8.11. The highest BCUT2D eigenvalue weighted by Gasteiger charge is 2.29. The molecule has 1 aromatic heterocycles. The Morgan fingerprint density at radius 3 is 2.59 bits per heavy atom. The van der Waals surface area contributed by atoms with Gasteiger partial charge in [-0.1, -0.05) is 35.3 Å². The molecule has 1 unspecified atom stereocenters. The Morgan fingerprint density at radius 1 is 1.15 bits per heavy atom. The van der Waals surface area contributed by atoms with Crippen LogP contribution >= 0.6 is 23.2 Å². The molecule has 0 aliphatic carbocycles. The fourth-order valence-corrected chi connectivity index (χ4v) is 5.75. The lowest BCUT2D eigenvalue weighted by Crippen LogP contribution is -2.43. The lowest BCUT2D eigenvalue weighted by atomic mass is 9.96. The summed E-state index contributed by atoms with van der Waals surface area (Å²) in [5.41, 5.74) is 1.67. The molecule has 1 atom stereocenters. The molecule has 3 amide bonds. The fraction of sp³-hybridized carbons (Fsp3) is 0.269. The zero-order chi connectivity index (χ0) is 28.3. The van der Waals surface area contributed by atoms with Crippen molar-refractivity contribution in [3.63, 3.8) is 0 Å². The standard InChI is InChI=1S/C26H25Cl2N3O7S/c1-39(36,37)18-6-2-4-15(10-18)11-21(25(33)34)30-24(32)22-20(27)12-16-14-31(8-7-19(16)23(22)28)26(35)29-13-17-5-3-9-38-17/h2-6,9-10,12,21H,7-8,11,13-14H2,1H3,(H,29,35)(H,30,32)(H,33,34). The average Bonchev–Trinajstić information content (AvgIpc) is 3.40. The Morgan fingerprint density at radius 2 is 1.92 bits per heavy atom. The van der Waals surface area contributed by atoms with Gasteiger partial charge in [0.25, 0.3) is 5.91 Å². The molecule has 1 aliphatic rings. The molecular weight excluding hydrogens is 569 g/mol. The maximum atomic E-state index is 13.2. The van der Waals surface area contributed by atoms with Crippen LogP contribution in [0.4, 0.5) is 4.79 Å². The van der Waals surface area contributed by atoms with E-state index in [1.807, 2.05) is 0 Å². The van der Waals surface area contributed by atoms with E-state index in [2.05, 4.69) is 10.6 Å². The first-order valence-electron chi connectivity index (χ1n) is 11.8. The number of fused-ring (bicyclic) bond motifs is 1. The van der Waals surface area contributed by atoms with E-state index in [0.717, 1.165) is 6.26 Å². The normalized spacial score (nSPS) is 13.9. The Kier molecular flexibility index (Phi) is 8.53. The van der Waals surface area contributed by atoms with Crippen molar-refractivity contribution in [3.05, 3.63) is 86.8 Å². The van der Waals surface area contributed by atoms with Crippen molar-refractivity contribution >= 4 is 50.9 Å². The van der Waals surface area contributed by atoms with E-state index >= 15 is 0 Å². The minimum absolute atomic E-state index is 0.0114. The quantitative estimate of drug-likeness (QED) is 0.361. The van der Waals surface area contributed by atoms with Gasteiger partial charge in [0, 0.05) is 25.8 Å². The van der Waals surface area contributed by atoms with Crippen LogP contribution in [0.25, 0.3) is 0 Å². The summed E-state index contributed by atoms with van der Waals surface area (Å²) in [7, 11) is -3.49. The first-order chi connectivity index (χ1) is 18.4. The molecule has 2 aromatic carbocycles. The zero-order valence-corrected chi connectivity index (χ0v) is 23.1. The van der Waals surface area contributed by atoms with E-state index in [1.165, 1.54) is 24.5 Å². The van der Waals surface area contributed by atoms with E-state index in [-0.39, 0.29) is 46.0 Å². The van der Waals surface area contributed by atoms with Crippen molar-refractivity contribution in [2.45, 2.75) is 36.9 Å². The van der Waals surface area contributed by atoms with Crippen LogP contribution < -0.4 is 10.6 Å². The number of carboxylic acids is 1. The number of urea groups is 1. The van der Waals surface area contributed by atoms with Crippen LogP contribution in [0.1, 0.15) is 32.8 Å². The molecule has 4 rings (SSSR count). The number of sulfone groups is 1. The lowest BCUT2D eigenvalue weighted by Gasteiger charge is -2.30. The molecule has 0 radical (unpaired) electrons. The SMILES string of the molecule is CS(=O)(=O)c1cccc(CC(NC(=O)c2c(Cl)cc3c(c2Cl)CCN(C(=O)NCc2ccco2)C3)C(=O)O)c1. The van der Waals surface area contributed by atoms with Gasteiger partial charge in [0.05, 0.1) is 33.3 Å². The van der Waals surface area contributed by atoms with Crippen molar-refractivity contribution in [3.8, 4) is 0 Å². The molecule has 3 aromatic rings. The molecule has 0 fully saturated rings. The number of benzene rings is 2. The van der Waals surface area contributed by atoms with Gasteiger partial charge < -0.3 is 25.1 Å². The summed E-state index contributed by atoms with van der Waals surface area (Å²) in [4.78, 5) is 39.3. The molecule has 10 nitrogen and oxygen atoms in total. The highest BCUT2D eigenvalue weighted by molar-refractivity contribution is 7.90. The predicted molar refractivity (Wildman–Crippen MR) is 144 cm³/mol. The molecule has 1 aliphatic heterocycles. The number of carboxylic acid groups (broad SMARTS) is 1. The van der Waals surface area contributed by atoms with E-state index in [9.17, 15) is 27.9 Å². The van der Waals surface area contributed by atoms with Gasteiger partial charge in [-0.3, -0.25) is 4.79 Å². The third kappa shape index (κ3) is 6.73. The Balaban J connectivity index is 1.48. The summed E-state index contributed by atoms with van der Waals surface area (Å²) in [5.74, 6) is -1.47. The van der Waals surface area contributed by atoms with Crippen molar-refractivity contribution < 1.29 is 32.3 Å². The van der Waals surface area contributed by atoms with Crippen molar-refractivity contribution in [2.75, 3.05) is 12.8 Å². The zero-order valence-electron chi connectivity index (χ0n) is 20.7. The van der Waals surface area contributed by atoms with E-state index < -0.39 is 27.8 Å². The summed E-state index contributed by atoms with van der Waals surface area (Å²) in [5, 5.41) is 15.1. The van der Waals surface area contributed by atoms with Gasteiger partial charge in [-0.15, -0.1) is 0 Å². The number of hydrogen-bond donors (Lipinski definition) is 3. The number of nitrogens with one attached hydrogen (secondary N) is 2. The van der Waals surface area contributed by atoms with Crippen molar-refractivity contribution in [1.29, 1.82) is 0 Å². The van der Waals surface area contributed by atoms with E-state index in [0.29, 0.717) is 35.4 Å². The minimum Gasteiger partial charge on any atom is -0.480 e. The monoisotopic (exact) mass is 593 g/mol. The number of carbonyl (C=O) groups excluding carboxylic acids is 2. The maximum Gasteiger partial charge on any atom is 0.326 e. The van der Waals surface area contributed by atoms with Gasteiger partial charge in [0.2, 0.25) is 0 Å². The van der Waals surface area contributed by atoms with Gasteiger partial charge in [0.15, 0.2) is 9.84 Å². The average molecular weight is 594 g/mol. The van der Waals surface area contributed by atoms with E-state index in [4.69, 9.17) is 27.6 Å². The highest BCUT2D eigenvalue weighted by atomic mass is 35.5. The second-order valence-corrected chi connectivity index (χ2v) is 11.9. The highest BCUT2D eigenvalue weighted by Crippen LogP contribution is 2.34. The van der Waals surface area contributed by atoms with Crippen molar-refractivity contribution in [1.82, 2.24) is 15.5 Å². The minimum atomic E-state index is -3.49.